The molecule has 4 heteroatoms. The van der Waals surface area contributed by atoms with Crippen LogP contribution in [0.25, 0.3) is 10.9 Å². The van der Waals surface area contributed by atoms with Gasteiger partial charge in [0.1, 0.15) is 5.75 Å². The number of nitrogens with one attached hydrogen (secondary N) is 2. The Morgan fingerprint density at radius 1 is 1.41 bits per heavy atom. The molecule has 0 saturated carbocycles. The van der Waals surface area contributed by atoms with Crippen molar-refractivity contribution in [3.63, 3.8) is 0 Å². The molecule has 0 fully saturated rings. The standard InChI is InChI=1S/C13H17ClN2O/c1-7-11-9(14)5-6-10(17-4)13(11)16-12(7)8(2)15-3/h5-6,8,15-16H,1-4H3. The lowest BCUT2D eigenvalue weighted by molar-refractivity contribution is 0.419. The normalized spacial score (nSPS) is 13.0. The SMILES string of the molecule is CNC(C)c1[nH]c2c(OC)ccc(Cl)c2c1C. The number of aromatic nitrogens is 1. The maximum atomic E-state index is 6.26. The van der Waals surface area contributed by atoms with Crippen LogP contribution in [0.3, 0.4) is 0 Å². The minimum atomic E-state index is 0.253. The van der Waals surface area contributed by atoms with E-state index < -0.39 is 0 Å². The first-order valence-electron chi connectivity index (χ1n) is 5.62. The molecule has 3 nitrogen and oxygen atoms in total. The third kappa shape index (κ3) is 1.90. The van der Waals surface area contributed by atoms with E-state index in [2.05, 4.69) is 24.1 Å². The summed E-state index contributed by atoms with van der Waals surface area (Å²) in [5, 5.41) is 5.02. The minimum Gasteiger partial charge on any atom is -0.495 e. The van der Waals surface area contributed by atoms with E-state index in [4.69, 9.17) is 16.3 Å². The second-order valence-corrected chi connectivity index (χ2v) is 4.58. The summed E-state index contributed by atoms with van der Waals surface area (Å²) in [6, 6.07) is 4.01. The van der Waals surface area contributed by atoms with E-state index in [-0.39, 0.29) is 6.04 Å². The lowest BCUT2D eigenvalue weighted by atomic mass is 10.1. The molecule has 0 aliphatic carbocycles. The Balaban J connectivity index is 2.76. The lowest BCUT2D eigenvalue weighted by Gasteiger charge is -2.09. The van der Waals surface area contributed by atoms with Gasteiger partial charge in [0, 0.05) is 17.1 Å². The summed E-state index contributed by atoms with van der Waals surface area (Å²) in [4.78, 5) is 3.40. The Hall–Kier alpha value is -1.19. The van der Waals surface area contributed by atoms with Crippen LogP contribution in [0.4, 0.5) is 0 Å². The second kappa shape index (κ2) is 4.59. The van der Waals surface area contributed by atoms with Gasteiger partial charge in [-0.1, -0.05) is 11.6 Å². The van der Waals surface area contributed by atoms with Gasteiger partial charge in [-0.15, -0.1) is 0 Å². The van der Waals surface area contributed by atoms with Gasteiger partial charge in [0.25, 0.3) is 0 Å². The van der Waals surface area contributed by atoms with Gasteiger partial charge in [0.2, 0.25) is 0 Å². The molecule has 1 unspecified atom stereocenters. The topological polar surface area (TPSA) is 37.0 Å². The molecule has 1 aromatic heterocycles. The highest BCUT2D eigenvalue weighted by Crippen LogP contribution is 2.36. The fourth-order valence-electron chi connectivity index (χ4n) is 2.16. The molecule has 0 amide bonds. The Morgan fingerprint density at radius 2 is 2.12 bits per heavy atom. The first-order chi connectivity index (χ1) is 8.10. The van der Waals surface area contributed by atoms with E-state index in [1.165, 1.54) is 5.56 Å². The zero-order valence-electron chi connectivity index (χ0n) is 10.5. The van der Waals surface area contributed by atoms with Crippen molar-refractivity contribution >= 4 is 22.5 Å². The van der Waals surface area contributed by atoms with Crippen LogP contribution in [-0.2, 0) is 0 Å². The third-order valence-electron chi connectivity index (χ3n) is 3.24. The Kier molecular flexibility index (Phi) is 3.31. The van der Waals surface area contributed by atoms with Crippen LogP contribution >= 0.6 is 11.6 Å². The van der Waals surface area contributed by atoms with Crippen molar-refractivity contribution in [1.29, 1.82) is 0 Å². The molecule has 0 spiro atoms. The van der Waals surface area contributed by atoms with E-state index in [1.807, 2.05) is 19.2 Å². The van der Waals surface area contributed by atoms with Crippen LogP contribution in [0.5, 0.6) is 5.75 Å². The average molecular weight is 253 g/mol. The highest BCUT2D eigenvalue weighted by Gasteiger charge is 2.17. The lowest BCUT2D eigenvalue weighted by Crippen LogP contribution is -2.13. The number of fused-ring (bicyclic) bond motifs is 1. The molecule has 2 rings (SSSR count). The molecular weight excluding hydrogens is 236 g/mol. The van der Waals surface area contributed by atoms with Crippen LogP contribution in [0.2, 0.25) is 5.02 Å². The summed E-state index contributed by atoms with van der Waals surface area (Å²) in [5.74, 6) is 0.821. The summed E-state index contributed by atoms with van der Waals surface area (Å²) in [6.45, 7) is 4.19. The number of ether oxygens (including phenoxy) is 1. The summed E-state index contributed by atoms with van der Waals surface area (Å²) in [5.41, 5.74) is 3.29. The van der Waals surface area contributed by atoms with Crippen molar-refractivity contribution in [2.45, 2.75) is 19.9 Å². The zero-order chi connectivity index (χ0) is 12.6. The van der Waals surface area contributed by atoms with Gasteiger partial charge in [0.15, 0.2) is 0 Å². The summed E-state index contributed by atoms with van der Waals surface area (Å²) in [7, 11) is 3.61. The Labute approximate surface area is 106 Å². The zero-order valence-corrected chi connectivity index (χ0v) is 11.3. The van der Waals surface area contributed by atoms with E-state index in [0.29, 0.717) is 0 Å². The minimum absolute atomic E-state index is 0.253. The van der Waals surface area contributed by atoms with Crippen LogP contribution in [0.1, 0.15) is 24.2 Å². The van der Waals surface area contributed by atoms with Gasteiger partial charge >= 0.3 is 0 Å². The molecule has 0 bridgehead atoms. The third-order valence-corrected chi connectivity index (χ3v) is 3.56. The monoisotopic (exact) mass is 252 g/mol. The molecule has 0 saturated heterocycles. The molecule has 0 aliphatic rings. The number of aryl methyl sites for hydroxylation is 1. The van der Waals surface area contributed by atoms with Crippen molar-refractivity contribution < 1.29 is 4.74 Å². The van der Waals surface area contributed by atoms with Crippen LogP contribution in [0, 0.1) is 6.92 Å². The van der Waals surface area contributed by atoms with Gasteiger partial charge < -0.3 is 15.0 Å². The highest BCUT2D eigenvalue weighted by molar-refractivity contribution is 6.36. The van der Waals surface area contributed by atoms with E-state index in [1.54, 1.807) is 7.11 Å². The first kappa shape index (κ1) is 12.3. The molecule has 0 aliphatic heterocycles. The molecule has 0 radical (unpaired) electrons. The highest BCUT2D eigenvalue weighted by atomic mass is 35.5. The van der Waals surface area contributed by atoms with Gasteiger partial charge in [-0.2, -0.15) is 0 Å². The number of benzene rings is 1. The maximum Gasteiger partial charge on any atom is 0.143 e. The van der Waals surface area contributed by atoms with Crippen LogP contribution in [-0.4, -0.2) is 19.1 Å². The van der Waals surface area contributed by atoms with Crippen molar-refractivity contribution in [2.75, 3.05) is 14.2 Å². The number of aromatic amines is 1. The fourth-order valence-corrected chi connectivity index (χ4v) is 2.46. The summed E-state index contributed by atoms with van der Waals surface area (Å²) < 4.78 is 5.35. The molecule has 2 aromatic rings. The number of halogens is 1. The molecular formula is C13H17ClN2O. The van der Waals surface area contributed by atoms with Crippen molar-refractivity contribution in [1.82, 2.24) is 10.3 Å². The number of H-pyrrole nitrogens is 1. The molecule has 1 heterocycles. The van der Waals surface area contributed by atoms with E-state index in [9.17, 15) is 0 Å². The van der Waals surface area contributed by atoms with Gasteiger partial charge in [-0.05, 0) is 38.6 Å². The number of methoxy groups -OCH3 is 1. The van der Waals surface area contributed by atoms with Crippen molar-refractivity contribution in [2.24, 2.45) is 0 Å². The predicted molar refractivity (Wildman–Crippen MR) is 72.1 cm³/mol. The molecule has 92 valence electrons. The van der Waals surface area contributed by atoms with Gasteiger partial charge in [0.05, 0.1) is 17.6 Å². The number of hydrogen-bond donors (Lipinski definition) is 2. The smallest absolute Gasteiger partial charge is 0.143 e. The fraction of sp³-hybridized carbons (Fsp3) is 0.385. The Morgan fingerprint density at radius 3 is 2.71 bits per heavy atom. The number of rotatable bonds is 3. The summed E-state index contributed by atoms with van der Waals surface area (Å²) in [6.07, 6.45) is 0. The van der Waals surface area contributed by atoms with E-state index in [0.717, 1.165) is 27.4 Å². The molecule has 2 N–H and O–H groups in total. The first-order valence-corrected chi connectivity index (χ1v) is 5.99. The maximum absolute atomic E-state index is 6.26. The van der Waals surface area contributed by atoms with Crippen LogP contribution < -0.4 is 10.1 Å². The predicted octanol–water partition coefficient (Wildman–Crippen LogP) is 3.42. The Bertz CT molecular complexity index is 548. The average Bonchev–Trinajstić information content (AvgIpc) is 2.68. The molecule has 17 heavy (non-hydrogen) atoms. The summed E-state index contributed by atoms with van der Waals surface area (Å²) >= 11 is 6.26. The molecule has 1 aromatic carbocycles. The quantitative estimate of drug-likeness (QED) is 0.878. The largest absolute Gasteiger partial charge is 0.495 e. The van der Waals surface area contributed by atoms with Crippen LogP contribution in [0.15, 0.2) is 12.1 Å². The van der Waals surface area contributed by atoms with Crippen molar-refractivity contribution in [3.05, 3.63) is 28.4 Å². The van der Waals surface area contributed by atoms with Gasteiger partial charge in [-0.3, -0.25) is 0 Å². The molecule has 1 atom stereocenters. The van der Waals surface area contributed by atoms with Gasteiger partial charge in [-0.25, -0.2) is 0 Å². The van der Waals surface area contributed by atoms with Crippen molar-refractivity contribution in [3.8, 4) is 5.75 Å². The van der Waals surface area contributed by atoms with E-state index >= 15 is 0 Å². The number of hydrogen-bond acceptors (Lipinski definition) is 2. The second-order valence-electron chi connectivity index (χ2n) is 4.17.